The van der Waals surface area contributed by atoms with Crippen LogP contribution in [0.3, 0.4) is 0 Å². The Bertz CT molecular complexity index is 1100. The lowest BCUT2D eigenvalue weighted by Crippen LogP contribution is -2.42. The van der Waals surface area contributed by atoms with Crippen molar-refractivity contribution in [1.29, 1.82) is 0 Å². The van der Waals surface area contributed by atoms with Crippen molar-refractivity contribution in [1.82, 2.24) is 10.2 Å². The Morgan fingerprint density at radius 1 is 0.971 bits per heavy atom. The third kappa shape index (κ3) is 5.03. The first-order valence-corrected chi connectivity index (χ1v) is 11.9. The van der Waals surface area contributed by atoms with Gasteiger partial charge in [-0.2, -0.15) is 0 Å². The fraction of sp³-hybridized carbons (Fsp3) is 0.423. The number of carbonyl (C=O) groups is 3. The summed E-state index contributed by atoms with van der Waals surface area (Å²) < 4.78 is 10.6. The summed E-state index contributed by atoms with van der Waals surface area (Å²) in [6.07, 6.45) is 4.90. The molecule has 0 bridgehead atoms. The molecule has 2 N–H and O–H groups in total. The lowest BCUT2D eigenvalue weighted by atomic mass is 9.91. The zero-order valence-corrected chi connectivity index (χ0v) is 20.4. The third-order valence-corrected chi connectivity index (χ3v) is 6.66. The molecule has 186 valence electrons. The van der Waals surface area contributed by atoms with Crippen molar-refractivity contribution in [3.05, 3.63) is 48.0 Å². The number of imide groups is 1. The normalized spacial score (nSPS) is 20.3. The van der Waals surface area contributed by atoms with Crippen LogP contribution < -0.4 is 25.0 Å². The number of benzene rings is 2. The molecule has 35 heavy (non-hydrogen) atoms. The lowest BCUT2D eigenvalue weighted by Gasteiger charge is -2.23. The number of nitrogens with zero attached hydrogens (tertiary/aromatic N) is 2. The molecular formula is C26H32N4O5. The molecule has 1 unspecified atom stereocenters. The number of ether oxygens (including phenoxy) is 2. The van der Waals surface area contributed by atoms with Crippen LogP contribution in [0.25, 0.3) is 0 Å². The highest BCUT2D eigenvalue weighted by molar-refractivity contribution is 6.10. The summed E-state index contributed by atoms with van der Waals surface area (Å²) in [7, 11) is 3.01. The van der Waals surface area contributed by atoms with E-state index in [0.717, 1.165) is 23.7 Å². The monoisotopic (exact) mass is 480 g/mol. The first-order chi connectivity index (χ1) is 16.9. The second kappa shape index (κ2) is 10.2. The highest BCUT2D eigenvalue weighted by Crippen LogP contribution is 2.35. The van der Waals surface area contributed by atoms with E-state index in [1.54, 1.807) is 25.1 Å². The number of hydrogen-bond donors (Lipinski definition) is 2. The summed E-state index contributed by atoms with van der Waals surface area (Å²) in [5, 5.41) is 5.49. The molecule has 0 aliphatic carbocycles. The second-order valence-electron chi connectivity index (χ2n) is 9.01. The van der Waals surface area contributed by atoms with E-state index in [2.05, 4.69) is 15.5 Å². The Labute approximate surface area is 205 Å². The highest BCUT2D eigenvalue weighted by atomic mass is 16.5. The summed E-state index contributed by atoms with van der Waals surface area (Å²) in [4.78, 5) is 41.8. The fourth-order valence-corrected chi connectivity index (χ4v) is 4.61. The van der Waals surface area contributed by atoms with Gasteiger partial charge in [0.05, 0.1) is 14.2 Å². The van der Waals surface area contributed by atoms with Crippen molar-refractivity contribution in [2.24, 2.45) is 0 Å². The van der Waals surface area contributed by atoms with Gasteiger partial charge in [0.25, 0.3) is 5.91 Å². The van der Waals surface area contributed by atoms with Gasteiger partial charge in [0, 0.05) is 24.5 Å². The lowest BCUT2D eigenvalue weighted by molar-refractivity contribution is -0.133. The maximum Gasteiger partial charge on any atom is 0.325 e. The van der Waals surface area contributed by atoms with Gasteiger partial charge in [0.2, 0.25) is 5.91 Å². The molecule has 2 saturated heterocycles. The summed E-state index contributed by atoms with van der Waals surface area (Å²) >= 11 is 0. The van der Waals surface area contributed by atoms with Crippen LogP contribution in [0.4, 0.5) is 16.2 Å². The number of rotatable bonds is 7. The molecule has 0 radical (unpaired) electrons. The molecule has 2 heterocycles. The van der Waals surface area contributed by atoms with E-state index in [4.69, 9.17) is 9.47 Å². The molecule has 4 rings (SSSR count). The van der Waals surface area contributed by atoms with E-state index in [-0.39, 0.29) is 6.54 Å². The van der Waals surface area contributed by atoms with Crippen molar-refractivity contribution in [2.75, 3.05) is 44.1 Å². The Morgan fingerprint density at radius 3 is 2.26 bits per heavy atom. The number of anilines is 2. The smallest absolute Gasteiger partial charge is 0.325 e. The van der Waals surface area contributed by atoms with E-state index in [1.165, 1.54) is 39.9 Å². The van der Waals surface area contributed by atoms with Crippen LogP contribution >= 0.6 is 0 Å². The molecule has 2 aliphatic heterocycles. The zero-order valence-electron chi connectivity index (χ0n) is 20.4. The van der Waals surface area contributed by atoms with Gasteiger partial charge in [-0.3, -0.25) is 14.5 Å². The van der Waals surface area contributed by atoms with Crippen LogP contribution in [-0.2, 0) is 15.1 Å². The number of urea groups is 1. The molecule has 0 spiro atoms. The van der Waals surface area contributed by atoms with Crippen molar-refractivity contribution >= 4 is 29.2 Å². The standard InChI is InChI=1S/C26H32N4O5/c1-26(18-8-13-21(34-2)22(16-18)35-3)24(32)30(25(33)28-26)17-23(31)27-19-9-11-20(12-10-19)29-14-6-4-5-7-15-29/h8-13,16H,4-7,14-15,17H2,1-3H3,(H,27,31)(H,28,33). The number of carbonyl (C=O) groups excluding carboxylic acids is 3. The van der Waals surface area contributed by atoms with E-state index in [9.17, 15) is 14.4 Å². The molecule has 2 aromatic carbocycles. The van der Waals surface area contributed by atoms with Crippen LogP contribution in [0.15, 0.2) is 42.5 Å². The van der Waals surface area contributed by atoms with Crippen LogP contribution in [0.5, 0.6) is 11.5 Å². The predicted molar refractivity (Wildman–Crippen MR) is 133 cm³/mol. The minimum atomic E-state index is -1.33. The molecule has 2 aliphatic rings. The zero-order chi connectivity index (χ0) is 25.0. The Kier molecular flexibility index (Phi) is 7.14. The van der Waals surface area contributed by atoms with E-state index in [1.807, 2.05) is 24.3 Å². The second-order valence-corrected chi connectivity index (χ2v) is 9.01. The van der Waals surface area contributed by atoms with Crippen molar-refractivity contribution in [3.63, 3.8) is 0 Å². The minimum Gasteiger partial charge on any atom is -0.493 e. The van der Waals surface area contributed by atoms with E-state index in [0.29, 0.717) is 22.7 Å². The summed E-state index contributed by atoms with van der Waals surface area (Å²) in [6.45, 7) is 3.29. The fourth-order valence-electron chi connectivity index (χ4n) is 4.61. The molecule has 2 aromatic rings. The SMILES string of the molecule is COc1ccc(C2(C)NC(=O)N(CC(=O)Nc3ccc(N4CCCCCC4)cc3)C2=O)cc1OC. The van der Waals surface area contributed by atoms with Crippen LogP contribution in [0.2, 0.25) is 0 Å². The predicted octanol–water partition coefficient (Wildman–Crippen LogP) is 3.49. The van der Waals surface area contributed by atoms with Crippen molar-refractivity contribution in [2.45, 2.75) is 38.1 Å². The quantitative estimate of drug-likeness (QED) is 0.589. The van der Waals surface area contributed by atoms with Gasteiger partial charge in [0.15, 0.2) is 11.5 Å². The summed E-state index contributed by atoms with van der Waals surface area (Å²) in [6, 6.07) is 12.0. The average Bonchev–Trinajstić information content (AvgIpc) is 3.05. The average molecular weight is 481 g/mol. The van der Waals surface area contributed by atoms with E-state index >= 15 is 0 Å². The molecule has 0 aromatic heterocycles. The topological polar surface area (TPSA) is 100 Å². The van der Waals surface area contributed by atoms with Crippen molar-refractivity contribution in [3.8, 4) is 11.5 Å². The number of hydrogen-bond acceptors (Lipinski definition) is 6. The van der Waals surface area contributed by atoms with Gasteiger partial charge in [-0.05, 0) is 61.7 Å². The van der Waals surface area contributed by atoms with Gasteiger partial charge in [-0.1, -0.05) is 18.9 Å². The molecular weight excluding hydrogens is 448 g/mol. The van der Waals surface area contributed by atoms with Crippen LogP contribution in [0.1, 0.15) is 38.2 Å². The molecule has 9 nitrogen and oxygen atoms in total. The van der Waals surface area contributed by atoms with Gasteiger partial charge in [-0.15, -0.1) is 0 Å². The molecule has 0 saturated carbocycles. The Balaban J connectivity index is 1.41. The van der Waals surface area contributed by atoms with Gasteiger partial charge >= 0.3 is 6.03 Å². The summed E-state index contributed by atoms with van der Waals surface area (Å²) in [5.74, 6) is -0.0169. The molecule has 2 fully saturated rings. The Hall–Kier alpha value is -3.75. The van der Waals surface area contributed by atoms with Crippen LogP contribution in [-0.4, -0.2) is 56.6 Å². The van der Waals surface area contributed by atoms with Gasteiger partial charge in [-0.25, -0.2) is 4.79 Å². The largest absolute Gasteiger partial charge is 0.493 e. The van der Waals surface area contributed by atoms with Gasteiger partial charge in [0.1, 0.15) is 12.1 Å². The minimum absolute atomic E-state index is 0.387. The maximum atomic E-state index is 13.2. The van der Waals surface area contributed by atoms with E-state index < -0.39 is 23.4 Å². The number of amides is 4. The van der Waals surface area contributed by atoms with Crippen molar-refractivity contribution < 1.29 is 23.9 Å². The number of nitrogens with one attached hydrogen (secondary N) is 2. The van der Waals surface area contributed by atoms with Gasteiger partial charge < -0.3 is 25.0 Å². The molecule has 1 atom stereocenters. The Morgan fingerprint density at radius 2 is 1.63 bits per heavy atom. The third-order valence-electron chi connectivity index (χ3n) is 6.66. The molecule has 4 amide bonds. The first-order valence-electron chi connectivity index (χ1n) is 11.9. The molecule has 9 heteroatoms. The highest BCUT2D eigenvalue weighted by Gasteiger charge is 2.49. The van der Waals surface area contributed by atoms with Crippen LogP contribution in [0, 0.1) is 0 Å². The first kappa shape index (κ1) is 24.4. The number of methoxy groups -OCH3 is 2. The maximum absolute atomic E-state index is 13.2. The summed E-state index contributed by atoms with van der Waals surface area (Å²) in [5.41, 5.74) is 0.944.